The van der Waals surface area contributed by atoms with Crippen LogP contribution in [0.15, 0.2) is 18.2 Å². The molecule has 0 bridgehead atoms. The molecule has 0 N–H and O–H groups in total. The van der Waals surface area contributed by atoms with E-state index in [1.54, 1.807) is 7.11 Å². The average Bonchev–Trinajstić information content (AvgIpc) is 3.19. The van der Waals surface area contributed by atoms with Crippen LogP contribution < -0.4 is 0 Å². The number of nitrogens with zero attached hydrogens (tertiary/aromatic N) is 3. The summed E-state index contributed by atoms with van der Waals surface area (Å²) in [5, 5.41) is 9.90. The topological polar surface area (TPSA) is 49.2 Å². The van der Waals surface area contributed by atoms with E-state index in [-0.39, 0.29) is 6.10 Å². The zero-order valence-corrected chi connectivity index (χ0v) is 20.2. The minimum Gasteiger partial charge on any atom is -0.382 e. The van der Waals surface area contributed by atoms with Crippen molar-refractivity contribution >= 4 is 11.6 Å². The standard InChI is InChI=1S/C22H32ClN3O2.C2H6/c1-5-16-13-18(23)9-12-20(16)26-21(6-2)24-25-22(26)17-7-10-19(11-8-17)28-15(3)14-27-4;1-2/h9,12-13,15,17,19H,5-8,10-11,14H2,1-4H3;1-2H3/t15-,17?,19?;/m0./s1. The van der Waals surface area contributed by atoms with Crippen LogP contribution in [0.2, 0.25) is 5.02 Å². The van der Waals surface area contributed by atoms with E-state index in [4.69, 9.17) is 21.1 Å². The van der Waals surface area contributed by atoms with Gasteiger partial charge in [-0.05, 0) is 62.8 Å². The molecular weight excluding hydrogens is 398 g/mol. The second-order valence-corrected chi connectivity index (χ2v) is 8.10. The molecule has 0 radical (unpaired) electrons. The first kappa shape index (κ1) is 24.8. The van der Waals surface area contributed by atoms with Crippen molar-refractivity contribution in [1.29, 1.82) is 0 Å². The Morgan fingerprint density at radius 1 is 1.10 bits per heavy atom. The number of rotatable bonds is 8. The number of aromatic nitrogens is 3. The van der Waals surface area contributed by atoms with Gasteiger partial charge in [0.05, 0.1) is 24.5 Å². The molecule has 1 saturated carbocycles. The number of hydrogen-bond donors (Lipinski definition) is 0. The molecule has 1 heterocycles. The van der Waals surface area contributed by atoms with Crippen LogP contribution in [0.3, 0.4) is 0 Å². The predicted molar refractivity (Wildman–Crippen MR) is 124 cm³/mol. The van der Waals surface area contributed by atoms with E-state index >= 15 is 0 Å². The zero-order chi connectivity index (χ0) is 22.1. The number of methoxy groups -OCH3 is 1. The van der Waals surface area contributed by atoms with Crippen LogP contribution in [0.4, 0.5) is 0 Å². The molecule has 168 valence electrons. The molecule has 0 aliphatic heterocycles. The van der Waals surface area contributed by atoms with Gasteiger partial charge in [0.2, 0.25) is 0 Å². The van der Waals surface area contributed by atoms with E-state index in [9.17, 15) is 0 Å². The second kappa shape index (κ2) is 12.4. The zero-order valence-electron chi connectivity index (χ0n) is 19.4. The highest BCUT2D eigenvalue weighted by atomic mass is 35.5. The minimum atomic E-state index is 0.142. The van der Waals surface area contributed by atoms with Gasteiger partial charge in [-0.1, -0.05) is 39.3 Å². The lowest BCUT2D eigenvalue weighted by Crippen LogP contribution is -2.28. The van der Waals surface area contributed by atoms with E-state index in [2.05, 4.69) is 47.7 Å². The molecule has 1 aliphatic rings. The quantitative estimate of drug-likeness (QED) is 0.499. The number of hydrogen-bond acceptors (Lipinski definition) is 4. The van der Waals surface area contributed by atoms with Crippen molar-refractivity contribution in [3.8, 4) is 5.69 Å². The maximum atomic E-state index is 6.24. The fourth-order valence-corrected chi connectivity index (χ4v) is 4.40. The van der Waals surface area contributed by atoms with Crippen molar-refractivity contribution in [2.75, 3.05) is 13.7 Å². The molecule has 1 aliphatic carbocycles. The predicted octanol–water partition coefficient (Wildman–Crippen LogP) is 6.15. The molecule has 1 fully saturated rings. The van der Waals surface area contributed by atoms with Crippen LogP contribution in [-0.2, 0) is 22.3 Å². The first-order valence-electron chi connectivity index (χ1n) is 11.4. The van der Waals surface area contributed by atoms with E-state index in [1.165, 1.54) is 5.56 Å². The second-order valence-electron chi connectivity index (χ2n) is 7.67. The first-order valence-corrected chi connectivity index (χ1v) is 11.8. The summed E-state index contributed by atoms with van der Waals surface area (Å²) in [7, 11) is 1.72. The largest absolute Gasteiger partial charge is 0.382 e. The Morgan fingerprint density at radius 2 is 1.80 bits per heavy atom. The smallest absolute Gasteiger partial charge is 0.140 e. The lowest BCUT2D eigenvalue weighted by Gasteiger charge is -2.30. The summed E-state index contributed by atoms with van der Waals surface area (Å²) in [6.45, 7) is 11.0. The molecule has 3 rings (SSSR count). The summed E-state index contributed by atoms with van der Waals surface area (Å²) in [5.74, 6) is 2.50. The molecule has 0 amide bonds. The highest BCUT2D eigenvalue weighted by Crippen LogP contribution is 2.36. The SMILES string of the molecule is CC.CCc1cc(Cl)ccc1-n1c(CC)nnc1C1CCC(O[C@@H](C)COC)CC1. The Morgan fingerprint density at radius 3 is 2.40 bits per heavy atom. The van der Waals surface area contributed by atoms with E-state index < -0.39 is 0 Å². The Hall–Kier alpha value is -1.43. The van der Waals surface area contributed by atoms with E-state index in [0.29, 0.717) is 18.6 Å². The van der Waals surface area contributed by atoms with E-state index in [0.717, 1.165) is 60.9 Å². The normalized spacial score (nSPS) is 19.8. The van der Waals surface area contributed by atoms with Gasteiger partial charge in [-0.25, -0.2) is 0 Å². The summed E-state index contributed by atoms with van der Waals surface area (Å²) in [6.07, 6.45) is 6.47. The minimum absolute atomic E-state index is 0.142. The van der Waals surface area contributed by atoms with Gasteiger partial charge in [0.1, 0.15) is 11.6 Å². The Bertz CT molecular complexity index is 770. The van der Waals surface area contributed by atoms with Crippen molar-refractivity contribution in [2.24, 2.45) is 0 Å². The highest BCUT2D eigenvalue weighted by Gasteiger charge is 2.29. The fraction of sp³-hybridized carbons (Fsp3) is 0.667. The summed E-state index contributed by atoms with van der Waals surface area (Å²) in [6, 6.07) is 6.12. The third-order valence-electron chi connectivity index (χ3n) is 5.60. The Kier molecular flexibility index (Phi) is 10.3. The lowest BCUT2D eigenvalue weighted by atomic mass is 9.86. The third kappa shape index (κ3) is 6.05. The van der Waals surface area contributed by atoms with Gasteiger partial charge in [0.15, 0.2) is 0 Å². The van der Waals surface area contributed by atoms with Gasteiger partial charge in [-0.15, -0.1) is 10.2 Å². The van der Waals surface area contributed by atoms with Crippen molar-refractivity contribution in [2.45, 2.75) is 91.3 Å². The van der Waals surface area contributed by atoms with Crippen molar-refractivity contribution < 1.29 is 9.47 Å². The fourth-order valence-electron chi connectivity index (χ4n) is 4.20. The van der Waals surface area contributed by atoms with Crippen LogP contribution >= 0.6 is 11.6 Å². The lowest BCUT2D eigenvalue weighted by molar-refractivity contribution is -0.0538. The van der Waals surface area contributed by atoms with Crippen LogP contribution in [0.5, 0.6) is 0 Å². The number of aryl methyl sites for hydroxylation is 2. The van der Waals surface area contributed by atoms with Crippen molar-refractivity contribution in [1.82, 2.24) is 14.8 Å². The molecule has 1 atom stereocenters. The van der Waals surface area contributed by atoms with Crippen LogP contribution in [0.1, 0.15) is 83.4 Å². The average molecular weight is 436 g/mol. The van der Waals surface area contributed by atoms with Crippen LogP contribution in [0.25, 0.3) is 5.69 Å². The molecule has 5 nitrogen and oxygen atoms in total. The number of ether oxygens (including phenoxy) is 2. The molecule has 1 aromatic carbocycles. The molecule has 6 heteroatoms. The van der Waals surface area contributed by atoms with Gasteiger partial charge < -0.3 is 9.47 Å². The van der Waals surface area contributed by atoms with Gasteiger partial charge in [-0.3, -0.25) is 4.57 Å². The summed E-state index contributed by atoms with van der Waals surface area (Å²) in [4.78, 5) is 0. The maximum Gasteiger partial charge on any atom is 0.140 e. The molecule has 30 heavy (non-hydrogen) atoms. The molecule has 2 aromatic rings. The first-order chi connectivity index (χ1) is 14.6. The Labute approximate surface area is 187 Å². The van der Waals surface area contributed by atoms with Gasteiger partial charge >= 0.3 is 0 Å². The molecular formula is C24H38ClN3O2. The molecule has 0 unspecified atom stereocenters. The number of benzene rings is 1. The summed E-state index contributed by atoms with van der Waals surface area (Å²) in [5.41, 5.74) is 2.39. The molecule has 1 aromatic heterocycles. The van der Waals surface area contributed by atoms with Gasteiger partial charge in [0.25, 0.3) is 0 Å². The number of halogens is 1. The summed E-state index contributed by atoms with van der Waals surface area (Å²) < 4.78 is 13.6. The third-order valence-corrected chi connectivity index (χ3v) is 5.84. The highest BCUT2D eigenvalue weighted by molar-refractivity contribution is 6.30. The van der Waals surface area contributed by atoms with Crippen LogP contribution in [-0.4, -0.2) is 40.7 Å². The van der Waals surface area contributed by atoms with Crippen molar-refractivity contribution in [3.05, 3.63) is 40.4 Å². The summed E-state index contributed by atoms with van der Waals surface area (Å²) >= 11 is 6.24. The van der Waals surface area contributed by atoms with Gasteiger partial charge in [0, 0.05) is 24.5 Å². The maximum absolute atomic E-state index is 6.24. The van der Waals surface area contributed by atoms with Crippen LogP contribution in [0, 0.1) is 0 Å². The Balaban J connectivity index is 0.00000155. The molecule has 0 spiro atoms. The monoisotopic (exact) mass is 435 g/mol. The molecule has 0 saturated heterocycles. The van der Waals surface area contributed by atoms with Crippen molar-refractivity contribution in [3.63, 3.8) is 0 Å². The van der Waals surface area contributed by atoms with Gasteiger partial charge in [-0.2, -0.15) is 0 Å². The van der Waals surface area contributed by atoms with E-state index in [1.807, 2.05) is 19.9 Å².